The van der Waals surface area contributed by atoms with E-state index >= 15 is 0 Å². The van der Waals surface area contributed by atoms with Gasteiger partial charge in [0, 0.05) is 18.2 Å². The second-order valence-electron chi connectivity index (χ2n) is 5.39. The fourth-order valence-electron chi connectivity index (χ4n) is 2.30. The summed E-state index contributed by atoms with van der Waals surface area (Å²) >= 11 is 0. The lowest BCUT2D eigenvalue weighted by Gasteiger charge is -2.08. The van der Waals surface area contributed by atoms with Gasteiger partial charge in [-0.3, -0.25) is 4.68 Å². The van der Waals surface area contributed by atoms with Crippen LogP contribution in [-0.2, 0) is 13.5 Å². The van der Waals surface area contributed by atoms with Crippen LogP contribution in [0.1, 0.15) is 26.3 Å². The van der Waals surface area contributed by atoms with E-state index in [4.69, 9.17) is 10.5 Å². The van der Waals surface area contributed by atoms with Gasteiger partial charge in [0.05, 0.1) is 12.3 Å². The monoisotopic (exact) mass is 273 g/mol. The lowest BCUT2D eigenvalue weighted by Crippen LogP contribution is -2.02. The quantitative estimate of drug-likeness (QED) is 0.909. The highest BCUT2D eigenvalue weighted by Gasteiger charge is 2.16. The molecular weight excluding hydrogens is 250 g/mol. The Kier molecular flexibility index (Phi) is 4.32. The SMILES string of the molecule is CCOc1ccc(-c2nn(C)c(N)c2CC(C)C)cc1. The van der Waals surface area contributed by atoms with E-state index in [1.165, 1.54) is 0 Å². The van der Waals surface area contributed by atoms with Crippen molar-refractivity contribution >= 4 is 5.82 Å². The van der Waals surface area contributed by atoms with E-state index in [0.717, 1.165) is 34.8 Å². The van der Waals surface area contributed by atoms with E-state index in [0.29, 0.717) is 12.5 Å². The van der Waals surface area contributed by atoms with Crippen LogP contribution in [0.2, 0.25) is 0 Å². The summed E-state index contributed by atoms with van der Waals surface area (Å²) in [6.45, 7) is 7.03. The van der Waals surface area contributed by atoms with Crippen LogP contribution in [0.3, 0.4) is 0 Å². The molecule has 0 amide bonds. The molecule has 0 atom stereocenters. The number of nitrogens with zero attached hydrogens (tertiary/aromatic N) is 2. The molecule has 0 aliphatic heterocycles. The Balaban J connectivity index is 2.38. The lowest BCUT2D eigenvalue weighted by atomic mass is 9.99. The van der Waals surface area contributed by atoms with Gasteiger partial charge in [0.15, 0.2) is 0 Å². The number of rotatable bonds is 5. The molecule has 108 valence electrons. The lowest BCUT2D eigenvalue weighted by molar-refractivity contribution is 0.340. The molecule has 0 saturated carbocycles. The highest BCUT2D eigenvalue weighted by atomic mass is 16.5. The molecule has 0 fully saturated rings. The van der Waals surface area contributed by atoms with Gasteiger partial charge in [0.1, 0.15) is 11.6 Å². The van der Waals surface area contributed by atoms with Gasteiger partial charge in [0.2, 0.25) is 0 Å². The van der Waals surface area contributed by atoms with Crippen molar-refractivity contribution in [3.8, 4) is 17.0 Å². The molecule has 0 bridgehead atoms. The number of hydrogen-bond acceptors (Lipinski definition) is 3. The van der Waals surface area contributed by atoms with Crippen LogP contribution in [0.25, 0.3) is 11.3 Å². The number of aryl methyl sites for hydroxylation is 1. The zero-order chi connectivity index (χ0) is 14.7. The molecule has 0 saturated heterocycles. The third kappa shape index (κ3) is 2.95. The van der Waals surface area contributed by atoms with Crippen LogP contribution >= 0.6 is 0 Å². The number of aromatic nitrogens is 2. The highest BCUT2D eigenvalue weighted by Crippen LogP contribution is 2.30. The van der Waals surface area contributed by atoms with Gasteiger partial charge in [-0.15, -0.1) is 0 Å². The van der Waals surface area contributed by atoms with Crippen LogP contribution < -0.4 is 10.5 Å². The van der Waals surface area contributed by atoms with Crippen molar-refractivity contribution < 1.29 is 4.74 Å². The number of hydrogen-bond donors (Lipinski definition) is 1. The molecule has 20 heavy (non-hydrogen) atoms. The Labute approximate surface area is 120 Å². The van der Waals surface area contributed by atoms with E-state index in [1.54, 1.807) is 4.68 Å². The highest BCUT2D eigenvalue weighted by molar-refractivity contribution is 5.69. The maximum absolute atomic E-state index is 6.14. The summed E-state index contributed by atoms with van der Waals surface area (Å²) in [5.41, 5.74) is 9.33. The molecule has 4 nitrogen and oxygen atoms in total. The zero-order valence-electron chi connectivity index (χ0n) is 12.7. The van der Waals surface area contributed by atoms with Gasteiger partial charge in [-0.25, -0.2) is 0 Å². The number of ether oxygens (including phenoxy) is 1. The largest absolute Gasteiger partial charge is 0.494 e. The minimum Gasteiger partial charge on any atom is -0.494 e. The standard InChI is InChI=1S/C16H23N3O/c1-5-20-13-8-6-12(7-9-13)15-14(10-11(2)3)16(17)19(4)18-15/h6-9,11H,5,10,17H2,1-4H3. The summed E-state index contributed by atoms with van der Waals surface area (Å²) in [5.74, 6) is 2.18. The Hall–Kier alpha value is -1.97. The molecule has 2 aromatic rings. The first kappa shape index (κ1) is 14.4. The summed E-state index contributed by atoms with van der Waals surface area (Å²) in [4.78, 5) is 0. The molecular formula is C16H23N3O. The van der Waals surface area contributed by atoms with Crippen LogP contribution in [0.15, 0.2) is 24.3 Å². The second-order valence-corrected chi connectivity index (χ2v) is 5.39. The summed E-state index contributed by atoms with van der Waals surface area (Å²) in [6, 6.07) is 8.03. The maximum Gasteiger partial charge on any atom is 0.125 e. The van der Waals surface area contributed by atoms with E-state index in [1.807, 2.05) is 38.2 Å². The van der Waals surface area contributed by atoms with Crippen molar-refractivity contribution in [1.29, 1.82) is 0 Å². The fourth-order valence-corrected chi connectivity index (χ4v) is 2.30. The smallest absolute Gasteiger partial charge is 0.125 e. The summed E-state index contributed by atoms with van der Waals surface area (Å²) < 4.78 is 7.22. The topological polar surface area (TPSA) is 53.1 Å². The van der Waals surface area contributed by atoms with E-state index in [9.17, 15) is 0 Å². The Morgan fingerprint density at radius 2 is 1.90 bits per heavy atom. The predicted octanol–water partition coefficient (Wildman–Crippen LogP) is 3.27. The normalized spacial score (nSPS) is 11.1. The van der Waals surface area contributed by atoms with Gasteiger partial charge < -0.3 is 10.5 Å². The number of nitrogens with two attached hydrogens (primary N) is 1. The molecule has 4 heteroatoms. The second kappa shape index (κ2) is 5.99. The molecule has 2 rings (SSSR count). The van der Waals surface area contributed by atoms with Crippen LogP contribution in [0, 0.1) is 5.92 Å². The Morgan fingerprint density at radius 1 is 1.25 bits per heavy atom. The van der Waals surface area contributed by atoms with Gasteiger partial charge >= 0.3 is 0 Å². The number of nitrogen functional groups attached to an aromatic ring is 1. The van der Waals surface area contributed by atoms with Crippen molar-refractivity contribution in [1.82, 2.24) is 9.78 Å². The van der Waals surface area contributed by atoms with Crippen LogP contribution in [0.5, 0.6) is 5.75 Å². The van der Waals surface area contributed by atoms with Crippen molar-refractivity contribution in [2.45, 2.75) is 27.2 Å². The third-order valence-corrected chi connectivity index (χ3v) is 3.24. The summed E-state index contributed by atoms with van der Waals surface area (Å²) in [6.07, 6.45) is 0.933. The number of anilines is 1. The van der Waals surface area contributed by atoms with Crippen molar-refractivity contribution in [2.75, 3.05) is 12.3 Å². The van der Waals surface area contributed by atoms with Crippen molar-refractivity contribution in [2.24, 2.45) is 13.0 Å². The van der Waals surface area contributed by atoms with Gasteiger partial charge in [0.25, 0.3) is 0 Å². The molecule has 0 radical (unpaired) electrons. The Bertz CT molecular complexity index is 570. The molecule has 2 N–H and O–H groups in total. The zero-order valence-corrected chi connectivity index (χ0v) is 12.7. The van der Waals surface area contributed by atoms with Crippen molar-refractivity contribution in [3.63, 3.8) is 0 Å². The first-order chi connectivity index (χ1) is 9.52. The van der Waals surface area contributed by atoms with E-state index < -0.39 is 0 Å². The molecule has 0 aliphatic carbocycles. The minimum atomic E-state index is 0.544. The minimum absolute atomic E-state index is 0.544. The van der Waals surface area contributed by atoms with Gasteiger partial charge in [-0.05, 0) is 43.5 Å². The van der Waals surface area contributed by atoms with Crippen LogP contribution in [0.4, 0.5) is 5.82 Å². The number of benzene rings is 1. The average Bonchev–Trinajstić information content (AvgIpc) is 2.68. The van der Waals surface area contributed by atoms with Gasteiger partial charge in [-0.1, -0.05) is 13.8 Å². The first-order valence-electron chi connectivity index (χ1n) is 7.07. The molecule has 1 aromatic carbocycles. The molecule has 0 unspecified atom stereocenters. The summed E-state index contributed by atoms with van der Waals surface area (Å²) in [5, 5.41) is 4.56. The van der Waals surface area contributed by atoms with Gasteiger partial charge in [-0.2, -0.15) is 5.10 Å². The molecule has 1 aromatic heterocycles. The summed E-state index contributed by atoms with van der Waals surface area (Å²) in [7, 11) is 1.89. The van der Waals surface area contributed by atoms with Crippen molar-refractivity contribution in [3.05, 3.63) is 29.8 Å². The predicted molar refractivity (Wildman–Crippen MR) is 82.8 cm³/mol. The first-order valence-corrected chi connectivity index (χ1v) is 7.07. The molecule has 0 spiro atoms. The van der Waals surface area contributed by atoms with Crippen LogP contribution in [-0.4, -0.2) is 16.4 Å². The average molecular weight is 273 g/mol. The fraction of sp³-hybridized carbons (Fsp3) is 0.438. The Morgan fingerprint density at radius 3 is 2.45 bits per heavy atom. The third-order valence-electron chi connectivity index (χ3n) is 3.24. The van der Waals surface area contributed by atoms with E-state index in [2.05, 4.69) is 18.9 Å². The molecule has 0 aliphatic rings. The molecule has 1 heterocycles. The van der Waals surface area contributed by atoms with E-state index in [-0.39, 0.29) is 0 Å². The maximum atomic E-state index is 6.14.